The van der Waals surface area contributed by atoms with Crippen LogP contribution >= 0.6 is 12.2 Å². The molecule has 0 spiro atoms. The van der Waals surface area contributed by atoms with Gasteiger partial charge in [0.25, 0.3) is 0 Å². The number of benzene rings is 2. The second kappa shape index (κ2) is 14.6. The zero-order valence-electron chi connectivity index (χ0n) is 27.1. The minimum Gasteiger partial charge on any atom is -0.392 e. The first-order chi connectivity index (χ1) is 22.5. The SMILES string of the molecule is CCC(C)[C@H](NC(=O)Cc1c(F)cccc1F)C(=O)N[C@]1(C(=O)NC(C(N)=S)[C@@H](C)CC)CCc2[nH]c3c(C(F)(F)F)cccc3c2C1. The minimum absolute atomic E-state index is 0.00207. The molecule has 0 saturated heterocycles. The number of nitrogens with one attached hydrogen (secondary N) is 4. The fourth-order valence-corrected chi connectivity index (χ4v) is 6.47. The number of hydrogen-bond donors (Lipinski definition) is 5. The smallest absolute Gasteiger partial charge is 0.392 e. The van der Waals surface area contributed by atoms with Gasteiger partial charge < -0.3 is 26.7 Å². The Bertz CT molecular complexity index is 1690. The fourth-order valence-electron chi connectivity index (χ4n) is 6.18. The molecule has 0 bridgehead atoms. The number of H-pyrrole nitrogens is 1. The van der Waals surface area contributed by atoms with Crippen LogP contribution in [0.15, 0.2) is 36.4 Å². The summed E-state index contributed by atoms with van der Waals surface area (Å²) in [4.78, 5) is 44.3. The Balaban J connectivity index is 1.73. The van der Waals surface area contributed by atoms with Crippen LogP contribution in [-0.2, 0) is 39.8 Å². The average molecular weight is 694 g/mol. The second-order valence-electron chi connectivity index (χ2n) is 12.6. The number of fused-ring (bicyclic) bond motifs is 3. The van der Waals surface area contributed by atoms with Crippen molar-refractivity contribution in [3.8, 4) is 0 Å². The van der Waals surface area contributed by atoms with Gasteiger partial charge in [-0.25, -0.2) is 8.78 Å². The molecule has 2 aromatic carbocycles. The molecule has 1 aliphatic carbocycles. The normalized spacial score (nSPS) is 18.7. The number of thiocarbonyl (C=S) groups is 1. The molecular formula is C34H40F5N5O3S. The molecule has 5 atom stereocenters. The molecule has 6 N–H and O–H groups in total. The van der Waals surface area contributed by atoms with Crippen molar-refractivity contribution in [2.24, 2.45) is 17.6 Å². The van der Waals surface area contributed by atoms with E-state index in [1.807, 2.05) is 13.8 Å². The van der Waals surface area contributed by atoms with Crippen LogP contribution in [0.2, 0.25) is 0 Å². The predicted molar refractivity (Wildman–Crippen MR) is 176 cm³/mol. The van der Waals surface area contributed by atoms with Crippen LogP contribution in [0.4, 0.5) is 22.0 Å². The summed E-state index contributed by atoms with van der Waals surface area (Å²) in [5.41, 5.74) is 3.81. The van der Waals surface area contributed by atoms with Crippen LogP contribution in [0.5, 0.6) is 0 Å². The van der Waals surface area contributed by atoms with Crippen LogP contribution in [0.3, 0.4) is 0 Å². The summed E-state index contributed by atoms with van der Waals surface area (Å²) in [6.45, 7) is 7.22. The van der Waals surface area contributed by atoms with E-state index in [-0.39, 0.29) is 41.1 Å². The van der Waals surface area contributed by atoms with Crippen molar-refractivity contribution in [2.75, 3.05) is 0 Å². The number of carbonyl (C=O) groups is 3. The number of halogens is 5. The standard InChI is InChI=1S/C34H40F5N5O3S/c1-5-17(3)27(30(40)48)43-32(47)33(14-13-25-21(16-33)19-9-7-10-22(29(19)41-25)34(37,38)39)44-31(46)28(18(4)6-2)42-26(45)15-20-23(35)11-8-12-24(20)36/h7-12,17-18,27-28,41H,5-6,13-16H2,1-4H3,(H2,40,48)(H,42,45)(H,43,47)(H,44,46)/t17-,18?,27?,28-,33+/m0/s1. The number of aromatic amines is 1. The third kappa shape index (κ3) is 7.63. The monoisotopic (exact) mass is 693 g/mol. The zero-order chi connectivity index (χ0) is 35.6. The summed E-state index contributed by atoms with van der Waals surface area (Å²) in [7, 11) is 0. The van der Waals surface area contributed by atoms with Gasteiger partial charge in [-0.2, -0.15) is 13.2 Å². The summed E-state index contributed by atoms with van der Waals surface area (Å²) in [5, 5.41) is 8.57. The lowest BCUT2D eigenvalue weighted by molar-refractivity contribution is -0.137. The van der Waals surface area contributed by atoms with Gasteiger partial charge in [0.2, 0.25) is 17.7 Å². The molecule has 1 aliphatic rings. The van der Waals surface area contributed by atoms with Crippen molar-refractivity contribution in [3.63, 3.8) is 0 Å². The van der Waals surface area contributed by atoms with Gasteiger partial charge in [-0.1, -0.05) is 71.0 Å². The van der Waals surface area contributed by atoms with Crippen LogP contribution in [-0.4, -0.2) is 45.3 Å². The number of aryl methyl sites for hydroxylation is 1. The molecule has 48 heavy (non-hydrogen) atoms. The molecule has 0 fully saturated rings. The number of rotatable bonds is 12. The molecule has 1 heterocycles. The van der Waals surface area contributed by atoms with E-state index < -0.39 is 76.6 Å². The Labute approximate surface area is 280 Å². The quantitative estimate of drug-likeness (QED) is 0.128. The van der Waals surface area contributed by atoms with Crippen molar-refractivity contribution < 1.29 is 36.3 Å². The molecular weight excluding hydrogens is 653 g/mol. The maximum Gasteiger partial charge on any atom is 0.418 e. The third-order valence-corrected chi connectivity index (χ3v) is 9.68. The van der Waals surface area contributed by atoms with Gasteiger partial charge in [-0.15, -0.1) is 0 Å². The molecule has 8 nitrogen and oxygen atoms in total. The lowest BCUT2D eigenvalue weighted by Crippen LogP contribution is -2.67. The first-order valence-corrected chi connectivity index (χ1v) is 16.3. The number of nitrogens with two attached hydrogens (primary N) is 1. The predicted octanol–water partition coefficient (Wildman–Crippen LogP) is 5.40. The Kier molecular flexibility index (Phi) is 11.2. The van der Waals surface area contributed by atoms with Gasteiger partial charge in [0.15, 0.2) is 0 Å². The number of aromatic nitrogens is 1. The number of hydrogen-bond acceptors (Lipinski definition) is 4. The number of para-hydroxylation sites is 1. The molecule has 260 valence electrons. The highest BCUT2D eigenvalue weighted by molar-refractivity contribution is 7.80. The van der Waals surface area contributed by atoms with E-state index in [1.165, 1.54) is 18.2 Å². The van der Waals surface area contributed by atoms with Gasteiger partial charge in [0, 0.05) is 23.1 Å². The van der Waals surface area contributed by atoms with Crippen LogP contribution in [0.1, 0.15) is 69.3 Å². The van der Waals surface area contributed by atoms with E-state index in [0.717, 1.165) is 18.2 Å². The largest absolute Gasteiger partial charge is 0.418 e. The zero-order valence-corrected chi connectivity index (χ0v) is 27.9. The van der Waals surface area contributed by atoms with Gasteiger partial charge in [-0.3, -0.25) is 14.4 Å². The molecule has 3 aromatic rings. The van der Waals surface area contributed by atoms with Crippen LogP contribution in [0, 0.1) is 23.5 Å². The van der Waals surface area contributed by atoms with E-state index >= 15 is 0 Å². The molecule has 1 aromatic heterocycles. The Morgan fingerprint density at radius 2 is 1.58 bits per heavy atom. The summed E-state index contributed by atoms with van der Waals surface area (Å²) < 4.78 is 70.3. The van der Waals surface area contributed by atoms with E-state index in [0.29, 0.717) is 24.1 Å². The van der Waals surface area contributed by atoms with Crippen molar-refractivity contribution in [1.29, 1.82) is 0 Å². The minimum atomic E-state index is -4.64. The van der Waals surface area contributed by atoms with E-state index in [2.05, 4.69) is 20.9 Å². The van der Waals surface area contributed by atoms with E-state index in [4.69, 9.17) is 18.0 Å². The first-order valence-electron chi connectivity index (χ1n) is 15.9. The van der Waals surface area contributed by atoms with Gasteiger partial charge >= 0.3 is 6.18 Å². The Morgan fingerprint density at radius 3 is 2.17 bits per heavy atom. The van der Waals surface area contributed by atoms with E-state index in [9.17, 15) is 36.3 Å². The maximum atomic E-state index is 14.3. The van der Waals surface area contributed by atoms with Gasteiger partial charge in [0.05, 0.1) is 28.5 Å². The van der Waals surface area contributed by atoms with Gasteiger partial charge in [0.1, 0.15) is 23.2 Å². The number of amides is 3. The van der Waals surface area contributed by atoms with Crippen molar-refractivity contribution in [1.82, 2.24) is 20.9 Å². The van der Waals surface area contributed by atoms with Crippen molar-refractivity contribution in [2.45, 2.75) is 90.0 Å². The highest BCUT2D eigenvalue weighted by atomic mass is 32.1. The van der Waals surface area contributed by atoms with Crippen molar-refractivity contribution >= 4 is 45.8 Å². The fraction of sp³-hybridized carbons (Fsp3) is 0.471. The molecule has 14 heteroatoms. The summed E-state index contributed by atoms with van der Waals surface area (Å²) >= 11 is 5.24. The average Bonchev–Trinajstić information content (AvgIpc) is 3.40. The summed E-state index contributed by atoms with van der Waals surface area (Å²) in [6, 6.07) is 5.03. The number of carbonyl (C=O) groups excluding carboxylic acids is 3. The number of alkyl halides is 3. The molecule has 0 aliphatic heterocycles. The highest BCUT2D eigenvalue weighted by Crippen LogP contribution is 2.40. The third-order valence-electron chi connectivity index (χ3n) is 9.43. The lowest BCUT2D eigenvalue weighted by Gasteiger charge is -2.40. The van der Waals surface area contributed by atoms with Crippen LogP contribution in [0.25, 0.3) is 10.9 Å². The Hall–Kier alpha value is -4.07. The maximum absolute atomic E-state index is 14.3. The first kappa shape index (κ1) is 36.8. The van der Waals surface area contributed by atoms with Gasteiger partial charge in [-0.05, 0) is 48.4 Å². The summed E-state index contributed by atoms with van der Waals surface area (Å²) in [5.74, 6) is -4.67. The molecule has 4 rings (SSSR count). The highest BCUT2D eigenvalue weighted by Gasteiger charge is 2.47. The van der Waals surface area contributed by atoms with Crippen LogP contribution < -0.4 is 21.7 Å². The molecule has 3 amide bonds. The molecule has 2 unspecified atom stereocenters. The molecule has 0 radical (unpaired) electrons. The molecule has 0 saturated carbocycles. The topological polar surface area (TPSA) is 129 Å². The second-order valence-corrected chi connectivity index (χ2v) is 13.1. The van der Waals surface area contributed by atoms with Crippen molar-refractivity contribution in [3.05, 3.63) is 70.4 Å². The lowest BCUT2D eigenvalue weighted by atomic mass is 9.78. The summed E-state index contributed by atoms with van der Waals surface area (Å²) in [6.07, 6.45) is -4.35. The Morgan fingerprint density at radius 1 is 0.979 bits per heavy atom. The van der Waals surface area contributed by atoms with E-state index in [1.54, 1.807) is 13.8 Å².